The molecule has 0 saturated carbocycles. The summed E-state index contributed by atoms with van der Waals surface area (Å²) >= 11 is 0. The van der Waals surface area contributed by atoms with Crippen LogP contribution in [0.25, 0.3) is 0 Å². The highest BCUT2D eigenvalue weighted by atomic mass is 16.4. The molecule has 2 fully saturated rings. The van der Waals surface area contributed by atoms with E-state index in [4.69, 9.17) is 5.11 Å². The van der Waals surface area contributed by atoms with Crippen molar-refractivity contribution >= 4 is 12.0 Å². The highest BCUT2D eigenvalue weighted by Crippen LogP contribution is 2.19. The number of carbonyl (C=O) groups excluding carboxylic acids is 1. The Kier molecular flexibility index (Phi) is 4.86. The van der Waals surface area contributed by atoms with Crippen LogP contribution in [0.2, 0.25) is 0 Å². The van der Waals surface area contributed by atoms with Crippen LogP contribution in [0.4, 0.5) is 4.79 Å². The fourth-order valence-corrected chi connectivity index (χ4v) is 3.10. The Morgan fingerprint density at radius 2 is 2.05 bits per heavy atom. The Labute approximate surface area is 120 Å². The molecule has 20 heavy (non-hydrogen) atoms. The third kappa shape index (κ3) is 3.42. The first-order valence-corrected chi connectivity index (χ1v) is 7.50. The molecule has 0 aliphatic carbocycles. The highest BCUT2D eigenvalue weighted by Gasteiger charge is 2.34. The van der Waals surface area contributed by atoms with Crippen LogP contribution in [0.5, 0.6) is 0 Å². The number of carboxylic acids is 1. The minimum atomic E-state index is -0.899. The van der Waals surface area contributed by atoms with Crippen molar-refractivity contribution < 1.29 is 14.7 Å². The van der Waals surface area contributed by atoms with Gasteiger partial charge in [0.15, 0.2) is 0 Å². The molecule has 2 rings (SSSR count). The summed E-state index contributed by atoms with van der Waals surface area (Å²) in [6.45, 7) is 7.65. The molecule has 2 aliphatic heterocycles. The van der Waals surface area contributed by atoms with Gasteiger partial charge in [0.2, 0.25) is 0 Å². The molecule has 2 aliphatic rings. The Morgan fingerprint density at radius 1 is 1.30 bits per heavy atom. The normalized spacial score (nSPS) is 27.2. The fraction of sp³-hybridized carbons (Fsp3) is 0.857. The molecule has 6 nitrogen and oxygen atoms in total. The van der Waals surface area contributed by atoms with E-state index in [1.165, 1.54) is 4.90 Å². The Hall–Kier alpha value is -1.30. The second-order valence-corrected chi connectivity index (χ2v) is 6.12. The van der Waals surface area contributed by atoms with Crippen LogP contribution in [0.15, 0.2) is 0 Å². The molecule has 2 amide bonds. The lowest BCUT2D eigenvalue weighted by Crippen LogP contribution is -2.47. The maximum atomic E-state index is 12.1. The summed E-state index contributed by atoms with van der Waals surface area (Å²) in [6, 6.07) is -0.325. The minimum absolute atomic E-state index is 0.224. The van der Waals surface area contributed by atoms with Gasteiger partial charge < -0.3 is 20.2 Å². The molecule has 114 valence electrons. The van der Waals surface area contributed by atoms with Crippen molar-refractivity contribution in [2.45, 2.75) is 45.2 Å². The molecule has 0 bridgehead atoms. The van der Waals surface area contributed by atoms with Crippen LogP contribution in [-0.2, 0) is 4.79 Å². The average molecular weight is 283 g/mol. The molecule has 0 aromatic rings. The summed E-state index contributed by atoms with van der Waals surface area (Å²) in [6.07, 6.45) is 2.43. The zero-order valence-electron chi connectivity index (χ0n) is 12.3. The molecular formula is C14H25N3O3. The van der Waals surface area contributed by atoms with Crippen LogP contribution in [0, 0.1) is 5.92 Å². The van der Waals surface area contributed by atoms with Gasteiger partial charge in [0.05, 0.1) is 0 Å². The first-order valence-electron chi connectivity index (χ1n) is 7.50. The van der Waals surface area contributed by atoms with Crippen LogP contribution >= 0.6 is 0 Å². The number of nitrogens with zero attached hydrogens (tertiary/aromatic N) is 2. The largest absolute Gasteiger partial charge is 0.480 e. The Morgan fingerprint density at radius 3 is 2.65 bits per heavy atom. The highest BCUT2D eigenvalue weighted by molar-refractivity contribution is 5.83. The summed E-state index contributed by atoms with van der Waals surface area (Å²) in [5.41, 5.74) is 0. The lowest BCUT2D eigenvalue weighted by Gasteiger charge is -2.23. The van der Waals surface area contributed by atoms with Gasteiger partial charge in [0.25, 0.3) is 0 Å². The Balaban J connectivity index is 1.77. The number of nitrogens with one attached hydrogen (secondary N) is 1. The number of carboxylic acid groups (broad SMARTS) is 1. The van der Waals surface area contributed by atoms with Gasteiger partial charge in [-0.25, -0.2) is 9.59 Å². The second-order valence-electron chi connectivity index (χ2n) is 6.12. The van der Waals surface area contributed by atoms with E-state index >= 15 is 0 Å². The molecular weight excluding hydrogens is 258 g/mol. The van der Waals surface area contributed by atoms with E-state index in [1.807, 2.05) is 0 Å². The fourth-order valence-electron chi connectivity index (χ4n) is 3.10. The lowest BCUT2D eigenvalue weighted by atomic mass is 10.1. The number of aliphatic carboxylic acids is 1. The average Bonchev–Trinajstić information content (AvgIpc) is 3.04. The van der Waals surface area contributed by atoms with Crippen molar-refractivity contribution in [3.63, 3.8) is 0 Å². The Bertz CT molecular complexity index is 373. The molecule has 2 atom stereocenters. The third-order valence-electron chi connectivity index (χ3n) is 4.39. The number of rotatable bonds is 4. The molecule has 0 spiro atoms. The standard InChI is InChI=1S/C14H25N3O3/c1-10(2)16-7-5-11(9-16)8-15-14(20)17-6-3-4-12(17)13(18)19/h10-12H,3-9H2,1-2H3,(H,15,20)(H,18,19)/t11?,12-/m0/s1. The van der Waals surface area contributed by atoms with Crippen LogP contribution in [-0.4, -0.2) is 65.2 Å². The molecule has 1 unspecified atom stereocenters. The van der Waals surface area contributed by atoms with Crippen molar-refractivity contribution in [3.05, 3.63) is 0 Å². The van der Waals surface area contributed by atoms with E-state index in [2.05, 4.69) is 24.1 Å². The molecule has 0 aromatic carbocycles. The first kappa shape index (κ1) is 15.1. The number of urea groups is 1. The SMILES string of the molecule is CC(C)N1CCC(CNC(=O)N2CCC[C@H]2C(=O)O)C1. The van der Waals surface area contributed by atoms with E-state index in [0.29, 0.717) is 31.5 Å². The van der Waals surface area contributed by atoms with Gasteiger partial charge in [-0.3, -0.25) is 0 Å². The molecule has 6 heteroatoms. The van der Waals surface area contributed by atoms with Crippen molar-refractivity contribution in [1.82, 2.24) is 15.1 Å². The monoisotopic (exact) mass is 283 g/mol. The number of likely N-dealkylation sites (tertiary alicyclic amines) is 2. The molecule has 0 aromatic heterocycles. The zero-order chi connectivity index (χ0) is 14.7. The number of carbonyl (C=O) groups is 2. The van der Waals surface area contributed by atoms with Crippen molar-refractivity contribution in [3.8, 4) is 0 Å². The predicted molar refractivity (Wildman–Crippen MR) is 75.6 cm³/mol. The maximum Gasteiger partial charge on any atom is 0.326 e. The molecule has 2 N–H and O–H groups in total. The van der Waals surface area contributed by atoms with Gasteiger partial charge in [-0.05, 0) is 45.6 Å². The third-order valence-corrected chi connectivity index (χ3v) is 4.39. The van der Waals surface area contributed by atoms with E-state index in [-0.39, 0.29) is 6.03 Å². The first-order chi connectivity index (χ1) is 9.49. The van der Waals surface area contributed by atoms with Gasteiger partial charge in [-0.1, -0.05) is 0 Å². The van der Waals surface area contributed by atoms with Crippen molar-refractivity contribution in [2.24, 2.45) is 5.92 Å². The van der Waals surface area contributed by atoms with Crippen molar-refractivity contribution in [2.75, 3.05) is 26.2 Å². The minimum Gasteiger partial charge on any atom is -0.480 e. The summed E-state index contributed by atoms with van der Waals surface area (Å²) in [7, 11) is 0. The van der Waals surface area contributed by atoms with Crippen LogP contribution in [0.1, 0.15) is 33.1 Å². The van der Waals surface area contributed by atoms with Gasteiger partial charge in [-0.2, -0.15) is 0 Å². The smallest absolute Gasteiger partial charge is 0.326 e. The number of hydrogen-bond donors (Lipinski definition) is 2. The molecule has 2 saturated heterocycles. The topological polar surface area (TPSA) is 72.9 Å². The van der Waals surface area contributed by atoms with Crippen LogP contribution < -0.4 is 5.32 Å². The van der Waals surface area contributed by atoms with Crippen molar-refractivity contribution in [1.29, 1.82) is 0 Å². The van der Waals surface area contributed by atoms with Gasteiger partial charge in [0, 0.05) is 25.7 Å². The van der Waals surface area contributed by atoms with Gasteiger partial charge in [0.1, 0.15) is 6.04 Å². The van der Waals surface area contributed by atoms with E-state index in [0.717, 1.165) is 25.9 Å². The lowest BCUT2D eigenvalue weighted by molar-refractivity contribution is -0.141. The second kappa shape index (κ2) is 6.43. The summed E-state index contributed by atoms with van der Waals surface area (Å²) in [5.74, 6) is -0.420. The molecule has 0 radical (unpaired) electrons. The summed E-state index contributed by atoms with van der Waals surface area (Å²) < 4.78 is 0. The number of hydrogen-bond acceptors (Lipinski definition) is 3. The quantitative estimate of drug-likeness (QED) is 0.806. The van der Waals surface area contributed by atoms with E-state index < -0.39 is 12.0 Å². The predicted octanol–water partition coefficient (Wildman–Crippen LogP) is 0.975. The zero-order valence-corrected chi connectivity index (χ0v) is 12.3. The maximum absolute atomic E-state index is 12.1. The summed E-state index contributed by atoms with van der Waals surface area (Å²) in [5, 5.41) is 12.0. The molecule has 2 heterocycles. The van der Waals surface area contributed by atoms with Crippen LogP contribution in [0.3, 0.4) is 0 Å². The van der Waals surface area contributed by atoms with Gasteiger partial charge >= 0.3 is 12.0 Å². The van der Waals surface area contributed by atoms with E-state index in [9.17, 15) is 9.59 Å². The number of amides is 2. The van der Waals surface area contributed by atoms with E-state index in [1.54, 1.807) is 0 Å². The van der Waals surface area contributed by atoms with Gasteiger partial charge in [-0.15, -0.1) is 0 Å². The summed E-state index contributed by atoms with van der Waals surface area (Å²) in [4.78, 5) is 27.0.